The van der Waals surface area contributed by atoms with Gasteiger partial charge in [-0.2, -0.15) is 0 Å². The van der Waals surface area contributed by atoms with Crippen LogP contribution in [0.2, 0.25) is 0 Å². The van der Waals surface area contributed by atoms with Crippen LogP contribution in [0.1, 0.15) is 86.3 Å². The van der Waals surface area contributed by atoms with Crippen molar-refractivity contribution in [1.29, 1.82) is 0 Å². The van der Waals surface area contributed by atoms with Crippen molar-refractivity contribution in [3.63, 3.8) is 0 Å². The Morgan fingerprint density at radius 2 is 1.96 bits per heavy atom. The van der Waals surface area contributed by atoms with Gasteiger partial charge in [0.2, 0.25) is 0 Å². The number of carbonyl (C=O) groups excluding carboxylic acids is 2. The lowest BCUT2D eigenvalue weighted by atomic mass is 9.60. The minimum absolute atomic E-state index is 0.0583. The number of benzene rings is 1. The molecule has 0 amide bonds. The predicted molar refractivity (Wildman–Crippen MR) is 95.6 cm³/mol. The second-order valence-electron chi connectivity index (χ2n) is 8.64. The third-order valence-electron chi connectivity index (χ3n) is 5.98. The van der Waals surface area contributed by atoms with Crippen LogP contribution in [0.25, 0.3) is 0 Å². The number of hydrogen-bond donors (Lipinski definition) is 0. The molecule has 0 saturated heterocycles. The molecule has 0 unspecified atom stereocenters. The molecule has 1 aromatic rings. The Morgan fingerprint density at radius 3 is 2.60 bits per heavy atom. The standard InChI is InChI=1S/C21H28O4/c1-13(18(22)24-5)16-15(8-7-14-11-25-19(23)17(14)16)21(4)10-6-9-20(2,3)12-21/h7-8,13H,6,9-12H2,1-5H3/t13-,21+/m1/s1. The van der Waals surface area contributed by atoms with Crippen LogP contribution >= 0.6 is 0 Å². The largest absolute Gasteiger partial charge is 0.469 e. The van der Waals surface area contributed by atoms with Crippen LogP contribution in [0.4, 0.5) is 0 Å². The fourth-order valence-corrected chi connectivity index (χ4v) is 4.93. The van der Waals surface area contributed by atoms with Crippen molar-refractivity contribution in [1.82, 2.24) is 0 Å². The molecule has 1 aliphatic heterocycles. The van der Waals surface area contributed by atoms with Crippen molar-refractivity contribution in [3.05, 3.63) is 34.4 Å². The summed E-state index contributed by atoms with van der Waals surface area (Å²) >= 11 is 0. The summed E-state index contributed by atoms with van der Waals surface area (Å²) < 4.78 is 10.2. The molecule has 0 aromatic heterocycles. The summed E-state index contributed by atoms with van der Waals surface area (Å²) in [5.41, 5.74) is 3.57. The van der Waals surface area contributed by atoms with Crippen molar-refractivity contribution in [2.24, 2.45) is 5.41 Å². The van der Waals surface area contributed by atoms with E-state index in [-0.39, 0.29) is 29.4 Å². The predicted octanol–water partition coefficient (Wildman–Crippen LogP) is 4.49. The number of esters is 2. The van der Waals surface area contributed by atoms with E-state index < -0.39 is 5.92 Å². The van der Waals surface area contributed by atoms with Gasteiger partial charge in [-0.15, -0.1) is 0 Å². The number of ether oxygens (including phenoxy) is 2. The molecule has 2 aliphatic rings. The third-order valence-corrected chi connectivity index (χ3v) is 5.98. The first kappa shape index (κ1) is 18.0. The Labute approximate surface area is 149 Å². The molecular formula is C21H28O4. The van der Waals surface area contributed by atoms with Gasteiger partial charge in [0, 0.05) is 5.56 Å². The Bertz CT molecular complexity index is 719. The number of fused-ring (bicyclic) bond motifs is 1. The summed E-state index contributed by atoms with van der Waals surface area (Å²) in [7, 11) is 1.39. The molecule has 3 rings (SSSR count). The highest BCUT2D eigenvalue weighted by molar-refractivity contribution is 5.97. The monoisotopic (exact) mass is 344 g/mol. The molecule has 25 heavy (non-hydrogen) atoms. The number of rotatable bonds is 3. The normalized spacial score (nSPS) is 25.9. The van der Waals surface area contributed by atoms with Crippen molar-refractivity contribution in [2.45, 2.75) is 71.3 Å². The molecule has 0 radical (unpaired) electrons. The van der Waals surface area contributed by atoms with Crippen LogP contribution in [0.3, 0.4) is 0 Å². The zero-order valence-corrected chi connectivity index (χ0v) is 15.9. The molecule has 1 aromatic carbocycles. The van der Waals surface area contributed by atoms with E-state index in [1.807, 2.05) is 13.0 Å². The van der Waals surface area contributed by atoms with Crippen LogP contribution < -0.4 is 0 Å². The van der Waals surface area contributed by atoms with Crippen LogP contribution in [-0.2, 0) is 26.3 Å². The number of hydrogen-bond acceptors (Lipinski definition) is 4. The molecule has 1 saturated carbocycles. The second-order valence-corrected chi connectivity index (χ2v) is 8.64. The average molecular weight is 344 g/mol. The van der Waals surface area contributed by atoms with Gasteiger partial charge in [-0.3, -0.25) is 4.79 Å². The van der Waals surface area contributed by atoms with Crippen molar-refractivity contribution in [3.8, 4) is 0 Å². The molecule has 0 spiro atoms. The zero-order valence-electron chi connectivity index (χ0n) is 15.9. The van der Waals surface area contributed by atoms with Gasteiger partial charge in [0.05, 0.1) is 18.6 Å². The topological polar surface area (TPSA) is 52.6 Å². The van der Waals surface area contributed by atoms with Gasteiger partial charge in [0.15, 0.2) is 0 Å². The van der Waals surface area contributed by atoms with Crippen LogP contribution in [0.5, 0.6) is 0 Å². The van der Waals surface area contributed by atoms with E-state index in [0.717, 1.165) is 36.0 Å². The SMILES string of the molecule is COC(=O)[C@H](C)c1c([C@@]2(C)CCCC(C)(C)C2)ccc2c1C(=O)OC2. The quantitative estimate of drug-likeness (QED) is 0.758. The molecule has 1 aliphatic carbocycles. The Morgan fingerprint density at radius 1 is 1.24 bits per heavy atom. The summed E-state index contributed by atoms with van der Waals surface area (Å²) in [5, 5.41) is 0. The summed E-state index contributed by atoms with van der Waals surface area (Å²) in [4.78, 5) is 24.7. The highest BCUT2D eigenvalue weighted by Crippen LogP contribution is 2.50. The lowest BCUT2D eigenvalue weighted by Gasteiger charge is -2.44. The van der Waals surface area contributed by atoms with Crippen LogP contribution in [0.15, 0.2) is 12.1 Å². The van der Waals surface area contributed by atoms with E-state index in [1.54, 1.807) is 0 Å². The molecule has 4 nitrogen and oxygen atoms in total. The minimum atomic E-state index is -0.484. The van der Waals surface area contributed by atoms with Gasteiger partial charge >= 0.3 is 11.9 Å². The van der Waals surface area contributed by atoms with Gasteiger partial charge < -0.3 is 9.47 Å². The van der Waals surface area contributed by atoms with E-state index in [2.05, 4.69) is 26.8 Å². The Balaban J connectivity index is 2.19. The first-order chi connectivity index (χ1) is 11.7. The van der Waals surface area contributed by atoms with Gasteiger partial charge in [0.1, 0.15) is 6.61 Å². The summed E-state index contributed by atoms with van der Waals surface area (Å²) in [6.45, 7) is 8.99. The molecule has 1 fully saturated rings. The van der Waals surface area contributed by atoms with E-state index in [0.29, 0.717) is 5.56 Å². The lowest BCUT2D eigenvalue weighted by Crippen LogP contribution is -2.36. The maximum absolute atomic E-state index is 12.4. The van der Waals surface area contributed by atoms with E-state index in [9.17, 15) is 9.59 Å². The molecule has 4 heteroatoms. The maximum Gasteiger partial charge on any atom is 0.339 e. The highest BCUT2D eigenvalue weighted by Gasteiger charge is 2.42. The van der Waals surface area contributed by atoms with Crippen molar-refractivity contribution >= 4 is 11.9 Å². The zero-order chi connectivity index (χ0) is 18.4. The number of methoxy groups -OCH3 is 1. The summed E-state index contributed by atoms with van der Waals surface area (Å²) in [5.74, 6) is -1.11. The van der Waals surface area contributed by atoms with Gasteiger partial charge in [-0.25, -0.2) is 4.79 Å². The van der Waals surface area contributed by atoms with Crippen molar-refractivity contribution in [2.75, 3.05) is 7.11 Å². The Kier molecular flexibility index (Phi) is 4.42. The van der Waals surface area contributed by atoms with Crippen LogP contribution in [0, 0.1) is 5.41 Å². The molecule has 1 heterocycles. The van der Waals surface area contributed by atoms with Gasteiger partial charge in [-0.05, 0) is 48.1 Å². The molecular weight excluding hydrogens is 316 g/mol. The smallest absolute Gasteiger partial charge is 0.339 e. The van der Waals surface area contributed by atoms with Crippen LogP contribution in [-0.4, -0.2) is 19.0 Å². The summed E-state index contributed by atoms with van der Waals surface area (Å²) in [6.07, 6.45) is 4.45. The number of cyclic esters (lactones) is 1. The lowest BCUT2D eigenvalue weighted by molar-refractivity contribution is -0.142. The van der Waals surface area contributed by atoms with E-state index >= 15 is 0 Å². The fraction of sp³-hybridized carbons (Fsp3) is 0.619. The van der Waals surface area contributed by atoms with Crippen molar-refractivity contribution < 1.29 is 19.1 Å². The molecule has 2 atom stereocenters. The highest BCUT2D eigenvalue weighted by atomic mass is 16.5. The van der Waals surface area contributed by atoms with Gasteiger partial charge in [0.25, 0.3) is 0 Å². The maximum atomic E-state index is 12.4. The Hall–Kier alpha value is -1.84. The van der Waals surface area contributed by atoms with E-state index in [1.165, 1.54) is 13.5 Å². The number of carbonyl (C=O) groups is 2. The molecule has 0 N–H and O–H groups in total. The first-order valence-corrected chi connectivity index (χ1v) is 9.10. The third kappa shape index (κ3) is 3.07. The molecule has 136 valence electrons. The van der Waals surface area contributed by atoms with Gasteiger partial charge in [-0.1, -0.05) is 39.3 Å². The fourth-order valence-electron chi connectivity index (χ4n) is 4.93. The first-order valence-electron chi connectivity index (χ1n) is 9.10. The average Bonchev–Trinajstić information content (AvgIpc) is 2.93. The van der Waals surface area contributed by atoms with E-state index in [4.69, 9.17) is 9.47 Å². The minimum Gasteiger partial charge on any atom is -0.469 e. The second kappa shape index (κ2) is 6.15. The summed E-state index contributed by atoms with van der Waals surface area (Å²) in [6, 6.07) is 4.10. The molecule has 0 bridgehead atoms.